The molecule has 1 fully saturated rings. The molecule has 0 aromatic heterocycles. The van der Waals surface area contributed by atoms with Crippen LogP contribution >= 0.6 is 11.6 Å². The molecule has 2 N–H and O–H groups in total. The Morgan fingerprint density at radius 3 is 2.62 bits per heavy atom. The van der Waals surface area contributed by atoms with E-state index in [1.54, 1.807) is 0 Å². The highest BCUT2D eigenvalue weighted by Crippen LogP contribution is 2.38. The van der Waals surface area contributed by atoms with Crippen LogP contribution in [0.2, 0.25) is 5.02 Å². The van der Waals surface area contributed by atoms with Crippen LogP contribution in [0.4, 0.5) is 13.2 Å². The van der Waals surface area contributed by atoms with Crippen LogP contribution in [-0.2, 0) is 16.2 Å². The van der Waals surface area contributed by atoms with E-state index in [9.17, 15) is 21.6 Å². The first-order valence-corrected chi connectivity index (χ1v) is 8.08. The Morgan fingerprint density at radius 2 is 2.05 bits per heavy atom. The van der Waals surface area contributed by atoms with Crippen molar-refractivity contribution in [1.82, 2.24) is 4.31 Å². The molecule has 2 rings (SSSR count). The van der Waals surface area contributed by atoms with E-state index in [1.165, 1.54) is 0 Å². The predicted octanol–water partition coefficient (Wildman–Crippen LogP) is 2.47. The molecular formula is C12H14ClF3N2O2S. The van der Waals surface area contributed by atoms with Crippen LogP contribution in [0.3, 0.4) is 0 Å². The van der Waals surface area contributed by atoms with Gasteiger partial charge in [-0.3, -0.25) is 0 Å². The molecule has 1 saturated heterocycles. The minimum Gasteiger partial charge on any atom is -0.329 e. The number of benzene rings is 1. The Bertz CT molecular complexity index is 634. The van der Waals surface area contributed by atoms with Crippen LogP contribution in [0.5, 0.6) is 0 Å². The van der Waals surface area contributed by atoms with E-state index in [0.29, 0.717) is 18.9 Å². The summed E-state index contributed by atoms with van der Waals surface area (Å²) in [4.78, 5) is -0.778. The van der Waals surface area contributed by atoms with Crippen LogP contribution < -0.4 is 5.73 Å². The first-order chi connectivity index (χ1) is 9.67. The van der Waals surface area contributed by atoms with Crippen LogP contribution in [0.15, 0.2) is 23.1 Å². The van der Waals surface area contributed by atoms with Gasteiger partial charge in [0.1, 0.15) is 0 Å². The molecule has 0 saturated carbocycles. The number of rotatable bonds is 3. The second-order valence-corrected chi connectivity index (χ2v) is 7.08. The van der Waals surface area contributed by atoms with E-state index in [4.69, 9.17) is 17.3 Å². The minimum absolute atomic E-state index is 0.0776. The number of halogens is 4. The van der Waals surface area contributed by atoms with Crippen LogP contribution in [0.1, 0.15) is 18.4 Å². The van der Waals surface area contributed by atoms with Gasteiger partial charge in [-0.1, -0.05) is 11.6 Å². The SMILES string of the molecule is NC[C@@H]1CCCN1S(=O)(=O)c1ccc(Cl)cc1C(F)(F)F. The number of nitrogens with two attached hydrogens (primary N) is 1. The van der Waals surface area contributed by atoms with E-state index in [2.05, 4.69) is 0 Å². The van der Waals surface area contributed by atoms with E-state index < -0.39 is 32.7 Å². The Labute approximate surface area is 125 Å². The van der Waals surface area contributed by atoms with Crippen LogP contribution in [0.25, 0.3) is 0 Å². The number of alkyl halides is 3. The van der Waals surface area contributed by atoms with Crippen molar-refractivity contribution in [1.29, 1.82) is 0 Å². The van der Waals surface area contributed by atoms with E-state index in [0.717, 1.165) is 16.4 Å². The highest BCUT2D eigenvalue weighted by atomic mass is 35.5. The van der Waals surface area contributed by atoms with Crippen molar-refractivity contribution in [2.75, 3.05) is 13.1 Å². The van der Waals surface area contributed by atoms with Gasteiger partial charge in [-0.25, -0.2) is 8.42 Å². The molecule has 1 aliphatic heterocycles. The van der Waals surface area contributed by atoms with Crippen molar-refractivity contribution in [3.63, 3.8) is 0 Å². The van der Waals surface area contributed by atoms with Crippen molar-refractivity contribution in [3.05, 3.63) is 28.8 Å². The molecule has 9 heteroatoms. The molecule has 118 valence electrons. The fourth-order valence-electron chi connectivity index (χ4n) is 2.44. The van der Waals surface area contributed by atoms with Crippen molar-refractivity contribution < 1.29 is 21.6 Å². The van der Waals surface area contributed by atoms with Gasteiger partial charge in [-0.2, -0.15) is 17.5 Å². The molecule has 1 aromatic carbocycles. The average molecular weight is 343 g/mol. The molecular weight excluding hydrogens is 329 g/mol. The zero-order chi connectivity index (χ0) is 15.8. The molecule has 0 radical (unpaired) electrons. The van der Waals surface area contributed by atoms with Gasteiger partial charge in [0, 0.05) is 24.2 Å². The molecule has 1 heterocycles. The van der Waals surface area contributed by atoms with Crippen molar-refractivity contribution in [2.45, 2.75) is 30.0 Å². The second-order valence-electron chi connectivity index (χ2n) is 4.79. The summed E-state index contributed by atoms with van der Waals surface area (Å²) in [6.45, 7) is 0.248. The molecule has 4 nitrogen and oxygen atoms in total. The third-order valence-electron chi connectivity index (χ3n) is 3.43. The highest BCUT2D eigenvalue weighted by molar-refractivity contribution is 7.89. The maximum atomic E-state index is 13.1. The summed E-state index contributed by atoms with van der Waals surface area (Å²) in [5, 5.41) is -0.168. The summed E-state index contributed by atoms with van der Waals surface area (Å²) in [5.74, 6) is 0. The fourth-order valence-corrected chi connectivity index (χ4v) is 4.51. The molecule has 1 atom stereocenters. The van der Waals surface area contributed by atoms with Gasteiger partial charge in [0.25, 0.3) is 0 Å². The number of nitrogens with zero attached hydrogens (tertiary/aromatic N) is 1. The zero-order valence-electron chi connectivity index (χ0n) is 10.9. The summed E-state index contributed by atoms with van der Waals surface area (Å²) >= 11 is 5.56. The molecule has 21 heavy (non-hydrogen) atoms. The van der Waals surface area contributed by atoms with Crippen molar-refractivity contribution in [3.8, 4) is 0 Å². The number of sulfonamides is 1. The van der Waals surface area contributed by atoms with Gasteiger partial charge in [0.2, 0.25) is 10.0 Å². The molecule has 0 spiro atoms. The third kappa shape index (κ3) is 3.18. The molecule has 0 amide bonds. The Hall–Kier alpha value is -0.830. The normalized spacial score (nSPS) is 20.9. The zero-order valence-corrected chi connectivity index (χ0v) is 12.5. The van der Waals surface area contributed by atoms with Gasteiger partial charge < -0.3 is 5.73 Å². The number of hydrogen-bond acceptors (Lipinski definition) is 3. The Kier molecular flexibility index (Phi) is 4.53. The lowest BCUT2D eigenvalue weighted by Crippen LogP contribution is -2.40. The third-order valence-corrected chi connectivity index (χ3v) is 5.67. The highest BCUT2D eigenvalue weighted by Gasteiger charge is 2.41. The van der Waals surface area contributed by atoms with Crippen LogP contribution in [0, 0.1) is 0 Å². The molecule has 1 aromatic rings. The Morgan fingerprint density at radius 1 is 1.38 bits per heavy atom. The van der Waals surface area contributed by atoms with Crippen molar-refractivity contribution >= 4 is 21.6 Å². The standard InChI is InChI=1S/C12H14ClF3N2O2S/c13-8-3-4-11(10(6-8)12(14,15)16)21(19,20)18-5-1-2-9(18)7-17/h3-4,6,9H,1-2,5,7,17H2/t9-/m0/s1. The van der Waals surface area contributed by atoms with Crippen LogP contribution in [-0.4, -0.2) is 31.9 Å². The van der Waals surface area contributed by atoms with Gasteiger partial charge >= 0.3 is 6.18 Å². The first-order valence-electron chi connectivity index (χ1n) is 6.26. The van der Waals surface area contributed by atoms with E-state index >= 15 is 0 Å². The second kappa shape index (κ2) is 5.75. The number of hydrogen-bond donors (Lipinski definition) is 1. The maximum absolute atomic E-state index is 13.1. The molecule has 0 unspecified atom stereocenters. The monoisotopic (exact) mass is 342 g/mol. The van der Waals surface area contributed by atoms with E-state index in [1.807, 2.05) is 0 Å². The lowest BCUT2D eigenvalue weighted by Gasteiger charge is -2.24. The summed E-state index contributed by atoms with van der Waals surface area (Å²) in [7, 11) is -4.26. The quantitative estimate of drug-likeness (QED) is 0.917. The van der Waals surface area contributed by atoms with Gasteiger partial charge in [0.05, 0.1) is 10.5 Å². The summed E-state index contributed by atoms with van der Waals surface area (Å²) in [5.41, 5.74) is 4.25. The van der Waals surface area contributed by atoms with E-state index in [-0.39, 0.29) is 18.1 Å². The molecule has 0 bridgehead atoms. The largest absolute Gasteiger partial charge is 0.417 e. The lowest BCUT2D eigenvalue weighted by atomic mass is 10.2. The Balaban J connectivity index is 2.55. The smallest absolute Gasteiger partial charge is 0.329 e. The topological polar surface area (TPSA) is 63.4 Å². The lowest BCUT2D eigenvalue weighted by molar-refractivity contribution is -0.139. The van der Waals surface area contributed by atoms with Crippen molar-refractivity contribution in [2.24, 2.45) is 5.73 Å². The molecule has 0 aliphatic carbocycles. The van der Waals surface area contributed by atoms with Gasteiger partial charge in [-0.05, 0) is 31.0 Å². The first kappa shape index (κ1) is 16.5. The maximum Gasteiger partial charge on any atom is 0.417 e. The van der Waals surface area contributed by atoms with Gasteiger partial charge in [0.15, 0.2) is 0 Å². The minimum atomic E-state index is -4.80. The summed E-state index contributed by atoms with van der Waals surface area (Å²) in [6.07, 6.45) is -3.67. The molecule has 1 aliphatic rings. The summed E-state index contributed by atoms with van der Waals surface area (Å²) in [6, 6.07) is 2.19. The summed E-state index contributed by atoms with van der Waals surface area (Å²) < 4.78 is 65.2. The predicted molar refractivity (Wildman–Crippen MR) is 72.4 cm³/mol. The average Bonchev–Trinajstić information content (AvgIpc) is 2.86. The fraction of sp³-hybridized carbons (Fsp3) is 0.500. The van der Waals surface area contributed by atoms with Gasteiger partial charge in [-0.15, -0.1) is 0 Å².